The Labute approximate surface area is 118 Å². The normalized spacial score (nSPS) is 33.0. The van der Waals surface area contributed by atoms with E-state index in [9.17, 15) is 5.11 Å². The predicted molar refractivity (Wildman–Crippen MR) is 79.6 cm³/mol. The Kier molecular flexibility index (Phi) is 3.16. The molecule has 0 aromatic carbocycles. The first-order valence-electron chi connectivity index (χ1n) is 7.17. The van der Waals surface area contributed by atoms with Crippen molar-refractivity contribution in [2.75, 3.05) is 19.6 Å². The minimum Gasteiger partial charge on any atom is -0.369 e. The molecular formula is C13H22N6O. The van der Waals surface area contributed by atoms with Gasteiger partial charge in [0.1, 0.15) is 17.5 Å². The molecule has 0 saturated carbocycles. The number of amidine groups is 3. The summed E-state index contributed by atoms with van der Waals surface area (Å²) >= 11 is 0. The minimum absolute atomic E-state index is 0.218. The highest BCUT2D eigenvalue weighted by Gasteiger charge is 2.49. The lowest BCUT2D eigenvalue weighted by atomic mass is 9.98. The number of aliphatic imine (C=N–C) groups is 3. The number of rotatable bonds is 3. The molecule has 0 aromatic rings. The first kappa shape index (κ1) is 13.4. The molecule has 0 bridgehead atoms. The molecule has 0 saturated heterocycles. The lowest BCUT2D eigenvalue weighted by Crippen LogP contribution is -2.64. The standard InChI is InChI=1S/C13H22N6O/c1-7-4-14-10(17-7)13(20,11-15-5-8(2)18-11)12-16-6-9(3)19-12/h7-9,20H,4-6H2,1-3H3,(H,14,17)(H,15,18)(H,16,19)/t7-,8-,9-/m0/s1. The van der Waals surface area contributed by atoms with Gasteiger partial charge in [0.2, 0.25) is 5.60 Å². The maximum Gasteiger partial charge on any atom is 0.236 e. The number of hydrogen-bond acceptors (Lipinski definition) is 7. The second kappa shape index (κ2) is 4.73. The highest BCUT2D eigenvalue weighted by Crippen LogP contribution is 2.19. The highest BCUT2D eigenvalue weighted by atomic mass is 16.3. The van der Waals surface area contributed by atoms with Gasteiger partial charge in [-0.15, -0.1) is 0 Å². The Bertz CT molecular complexity index is 428. The number of nitrogens with zero attached hydrogens (tertiary/aromatic N) is 3. The zero-order valence-corrected chi connectivity index (χ0v) is 12.1. The van der Waals surface area contributed by atoms with Crippen LogP contribution in [0.25, 0.3) is 0 Å². The summed E-state index contributed by atoms with van der Waals surface area (Å²) < 4.78 is 0. The first-order valence-corrected chi connectivity index (χ1v) is 7.17. The van der Waals surface area contributed by atoms with Crippen molar-refractivity contribution in [3.8, 4) is 0 Å². The smallest absolute Gasteiger partial charge is 0.236 e. The summed E-state index contributed by atoms with van der Waals surface area (Å²) in [7, 11) is 0. The second-order valence-corrected chi connectivity index (χ2v) is 5.91. The predicted octanol–water partition coefficient (Wildman–Crippen LogP) is -1.11. The van der Waals surface area contributed by atoms with Crippen molar-refractivity contribution in [2.24, 2.45) is 15.0 Å². The number of aliphatic hydroxyl groups is 1. The quantitative estimate of drug-likeness (QED) is 0.526. The fraction of sp³-hybridized carbons (Fsp3) is 0.769. The van der Waals surface area contributed by atoms with E-state index in [1.165, 1.54) is 0 Å². The molecule has 3 atom stereocenters. The summed E-state index contributed by atoms with van der Waals surface area (Å²) in [5.41, 5.74) is -1.40. The van der Waals surface area contributed by atoms with Gasteiger partial charge in [-0.25, -0.2) is 0 Å². The van der Waals surface area contributed by atoms with Gasteiger partial charge in [-0.3, -0.25) is 15.0 Å². The van der Waals surface area contributed by atoms with Crippen LogP contribution in [-0.2, 0) is 0 Å². The van der Waals surface area contributed by atoms with Gasteiger partial charge in [-0.1, -0.05) is 0 Å². The number of hydrogen-bond donors (Lipinski definition) is 4. The van der Waals surface area contributed by atoms with Crippen molar-refractivity contribution in [3.63, 3.8) is 0 Å². The fourth-order valence-electron chi connectivity index (χ4n) is 2.65. The molecule has 110 valence electrons. The average molecular weight is 278 g/mol. The van der Waals surface area contributed by atoms with Gasteiger partial charge in [0.15, 0.2) is 0 Å². The van der Waals surface area contributed by atoms with Crippen LogP contribution >= 0.6 is 0 Å². The van der Waals surface area contributed by atoms with Crippen LogP contribution in [0.4, 0.5) is 0 Å². The van der Waals surface area contributed by atoms with Crippen LogP contribution in [0.3, 0.4) is 0 Å². The van der Waals surface area contributed by atoms with E-state index in [2.05, 4.69) is 30.9 Å². The van der Waals surface area contributed by atoms with Gasteiger partial charge in [-0.05, 0) is 20.8 Å². The van der Waals surface area contributed by atoms with Crippen molar-refractivity contribution in [3.05, 3.63) is 0 Å². The molecule has 0 fully saturated rings. The van der Waals surface area contributed by atoms with E-state index < -0.39 is 5.60 Å². The summed E-state index contributed by atoms with van der Waals surface area (Å²) in [4.78, 5) is 13.3. The topological polar surface area (TPSA) is 93.4 Å². The monoisotopic (exact) mass is 278 g/mol. The minimum atomic E-state index is -1.40. The van der Waals surface area contributed by atoms with E-state index in [-0.39, 0.29) is 18.1 Å². The molecule has 7 nitrogen and oxygen atoms in total. The van der Waals surface area contributed by atoms with Crippen molar-refractivity contribution in [2.45, 2.75) is 44.5 Å². The summed E-state index contributed by atoms with van der Waals surface area (Å²) in [6.07, 6.45) is 0. The summed E-state index contributed by atoms with van der Waals surface area (Å²) in [6, 6.07) is 0.654. The van der Waals surface area contributed by atoms with E-state index in [0.717, 1.165) is 0 Å². The van der Waals surface area contributed by atoms with E-state index >= 15 is 0 Å². The van der Waals surface area contributed by atoms with Crippen LogP contribution in [0.15, 0.2) is 15.0 Å². The molecule has 3 rings (SSSR count). The maximum atomic E-state index is 11.3. The zero-order chi connectivity index (χ0) is 14.3. The molecule has 20 heavy (non-hydrogen) atoms. The Morgan fingerprint density at radius 2 is 1.10 bits per heavy atom. The molecule has 0 spiro atoms. The zero-order valence-electron chi connectivity index (χ0n) is 12.1. The summed E-state index contributed by atoms with van der Waals surface area (Å²) in [6.45, 7) is 8.08. The molecule has 7 heteroatoms. The maximum absolute atomic E-state index is 11.3. The van der Waals surface area contributed by atoms with Gasteiger partial charge in [0.25, 0.3) is 0 Å². The Morgan fingerprint density at radius 1 is 0.800 bits per heavy atom. The molecular weight excluding hydrogens is 256 g/mol. The first-order chi connectivity index (χ1) is 9.50. The van der Waals surface area contributed by atoms with Crippen molar-refractivity contribution < 1.29 is 5.11 Å². The van der Waals surface area contributed by atoms with Crippen molar-refractivity contribution >= 4 is 17.5 Å². The molecule has 3 heterocycles. The van der Waals surface area contributed by atoms with Gasteiger partial charge >= 0.3 is 0 Å². The molecule has 0 unspecified atom stereocenters. The molecule has 3 aliphatic heterocycles. The summed E-state index contributed by atoms with van der Waals surface area (Å²) in [5, 5.41) is 21.0. The van der Waals surface area contributed by atoms with Crippen LogP contribution < -0.4 is 16.0 Å². The molecule has 4 N–H and O–H groups in total. The Morgan fingerprint density at radius 3 is 1.30 bits per heavy atom. The lowest BCUT2D eigenvalue weighted by molar-refractivity contribution is 0.240. The largest absolute Gasteiger partial charge is 0.369 e. The second-order valence-electron chi connectivity index (χ2n) is 5.91. The Balaban J connectivity index is 1.95. The van der Waals surface area contributed by atoms with E-state index in [4.69, 9.17) is 0 Å². The highest BCUT2D eigenvalue weighted by molar-refractivity contribution is 6.31. The molecule has 0 radical (unpaired) electrons. The van der Waals surface area contributed by atoms with E-state index in [0.29, 0.717) is 37.1 Å². The third kappa shape index (κ3) is 2.06. The molecule has 0 amide bonds. The number of nitrogens with one attached hydrogen (secondary N) is 3. The van der Waals surface area contributed by atoms with Crippen LogP contribution in [0.2, 0.25) is 0 Å². The van der Waals surface area contributed by atoms with Gasteiger partial charge in [-0.2, -0.15) is 0 Å². The molecule has 0 aliphatic carbocycles. The van der Waals surface area contributed by atoms with Gasteiger partial charge in [0, 0.05) is 18.1 Å². The van der Waals surface area contributed by atoms with E-state index in [1.54, 1.807) is 0 Å². The summed E-state index contributed by atoms with van der Waals surface area (Å²) in [5.74, 6) is 1.60. The SMILES string of the molecule is C[C@H]1CN=C(C(O)(C2=NC[C@H](C)N2)C2=NC[C@H](C)N2)N1. The van der Waals surface area contributed by atoms with E-state index in [1.807, 2.05) is 20.8 Å². The van der Waals surface area contributed by atoms with Crippen LogP contribution in [0, 0.1) is 0 Å². The average Bonchev–Trinajstić information content (AvgIpc) is 3.10. The van der Waals surface area contributed by atoms with Crippen molar-refractivity contribution in [1.29, 1.82) is 0 Å². The van der Waals surface area contributed by atoms with Crippen molar-refractivity contribution in [1.82, 2.24) is 16.0 Å². The molecule has 0 aromatic heterocycles. The third-order valence-corrected chi connectivity index (χ3v) is 3.75. The van der Waals surface area contributed by atoms with Crippen LogP contribution in [0.5, 0.6) is 0 Å². The lowest BCUT2D eigenvalue weighted by Gasteiger charge is -2.30. The third-order valence-electron chi connectivity index (χ3n) is 3.75. The fourth-order valence-corrected chi connectivity index (χ4v) is 2.65. The Hall–Kier alpha value is -1.63. The van der Waals surface area contributed by atoms with Crippen LogP contribution in [0.1, 0.15) is 20.8 Å². The van der Waals surface area contributed by atoms with Crippen LogP contribution in [-0.4, -0.2) is 66.0 Å². The van der Waals surface area contributed by atoms with Gasteiger partial charge in [0.05, 0.1) is 19.6 Å². The van der Waals surface area contributed by atoms with Gasteiger partial charge < -0.3 is 21.1 Å². The molecule has 3 aliphatic rings.